The highest BCUT2D eigenvalue weighted by Gasteiger charge is 2.09. The Bertz CT molecular complexity index is 433. The minimum atomic E-state index is -0.419. The third-order valence-corrected chi connectivity index (χ3v) is 2.05. The van der Waals surface area contributed by atoms with Gasteiger partial charge in [-0.1, -0.05) is 0 Å². The van der Waals surface area contributed by atoms with Gasteiger partial charge in [-0.2, -0.15) is 0 Å². The van der Waals surface area contributed by atoms with Crippen molar-refractivity contribution in [3.8, 4) is 0 Å². The summed E-state index contributed by atoms with van der Waals surface area (Å²) in [6, 6.07) is 3.32. The first-order valence-corrected chi connectivity index (χ1v) is 5.30. The zero-order valence-corrected chi connectivity index (χ0v) is 10.2. The van der Waals surface area contributed by atoms with E-state index in [1.807, 2.05) is 0 Å². The molecule has 0 saturated heterocycles. The van der Waals surface area contributed by atoms with Crippen LogP contribution in [0.2, 0.25) is 0 Å². The molecule has 0 aliphatic heterocycles. The van der Waals surface area contributed by atoms with Crippen LogP contribution in [0.25, 0.3) is 6.08 Å². The first-order valence-electron chi connectivity index (χ1n) is 5.30. The van der Waals surface area contributed by atoms with E-state index in [0.29, 0.717) is 12.3 Å². The highest BCUT2D eigenvalue weighted by Crippen LogP contribution is 2.06. The molecule has 0 aromatic carbocycles. The maximum absolute atomic E-state index is 11.7. The Labute approximate surface area is 100 Å². The maximum Gasteiger partial charge on any atom is 0.330 e. The molecule has 17 heavy (non-hydrogen) atoms. The van der Waals surface area contributed by atoms with Crippen LogP contribution in [0.4, 0.5) is 4.79 Å². The number of hydrogen-bond donors (Lipinski definition) is 0. The van der Waals surface area contributed by atoms with Crippen molar-refractivity contribution in [3.05, 3.63) is 30.1 Å². The van der Waals surface area contributed by atoms with Gasteiger partial charge in [0.05, 0.1) is 12.3 Å². The summed E-state index contributed by atoms with van der Waals surface area (Å²) < 4.78 is 6.21. The summed E-state index contributed by atoms with van der Waals surface area (Å²) in [5.74, 6) is -0.419. The number of esters is 1. The third kappa shape index (κ3) is 3.48. The molecule has 1 aromatic heterocycles. The molecule has 0 fully saturated rings. The van der Waals surface area contributed by atoms with E-state index in [-0.39, 0.29) is 6.03 Å². The average Bonchev–Trinajstić information content (AvgIpc) is 2.73. The number of amides is 1. The van der Waals surface area contributed by atoms with Gasteiger partial charge < -0.3 is 9.64 Å². The smallest absolute Gasteiger partial charge is 0.330 e. The molecule has 1 rings (SSSR count). The maximum atomic E-state index is 11.7. The van der Waals surface area contributed by atoms with E-state index in [0.717, 1.165) is 0 Å². The van der Waals surface area contributed by atoms with Crippen molar-refractivity contribution in [2.45, 2.75) is 6.92 Å². The zero-order chi connectivity index (χ0) is 12.8. The first-order chi connectivity index (χ1) is 8.06. The number of hydrogen-bond acceptors (Lipinski definition) is 3. The summed E-state index contributed by atoms with van der Waals surface area (Å²) in [6.07, 6.45) is 4.50. The second kappa shape index (κ2) is 5.89. The van der Waals surface area contributed by atoms with Crippen molar-refractivity contribution in [1.82, 2.24) is 9.47 Å². The van der Waals surface area contributed by atoms with Crippen molar-refractivity contribution in [3.63, 3.8) is 0 Å². The summed E-state index contributed by atoms with van der Waals surface area (Å²) in [5.41, 5.74) is 0.636. The summed E-state index contributed by atoms with van der Waals surface area (Å²) >= 11 is 0. The zero-order valence-electron chi connectivity index (χ0n) is 10.2. The summed E-state index contributed by atoms with van der Waals surface area (Å²) in [7, 11) is 3.34. The van der Waals surface area contributed by atoms with Gasteiger partial charge in [0, 0.05) is 26.4 Å². The van der Waals surface area contributed by atoms with E-state index in [1.165, 1.54) is 15.5 Å². The molecule has 0 unspecified atom stereocenters. The normalized spacial score (nSPS) is 10.5. The van der Waals surface area contributed by atoms with E-state index in [1.54, 1.807) is 45.4 Å². The number of ether oxygens (including phenoxy) is 1. The Morgan fingerprint density at radius 2 is 2.18 bits per heavy atom. The monoisotopic (exact) mass is 236 g/mol. The van der Waals surface area contributed by atoms with Crippen molar-refractivity contribution >= 4 is 18.1 Å². The van der Waals surface area contributed by atoms with Crippen LogP contribution in [0.3, 0.4) is 0 Å². The molecule has 1 aromatic rings. The Balaban J connectivity index is 2.83. The first kappa shape index (κ1) is 13.0. The number of carbonyl (C=O) groups is 2. The van der Waals surface area contributed by atoms with Crippen LogP contribution in [0.15, 0.2) is 24.4 Å². The lowest BCUT2D eigenvalue weighted by Gasteiger charge is -2.12. The molecule has 0 aliphatic carbocycles. The molecule has 0 atom stereocenters. The Hall–Kier alpha value is -2.04. The van der Waals surface area contributed by atoms with Crippen LogP contribution in [-0.2, 0) is 9.53 Å². The SMILES string of the molecule is CCOC(=O)/C=C/c1cccn1C(=O)N(C)C. The summed E-state index contributed by atoms with van der Waals surface area (Å²) in [4.78, 5) is 24.3. The van der Waals surface area contributed by atoms with Crippen molar-refractivity contribution in [2.75, 3.05) is 20.7 Å². The lowest BCUT2D eigenvalue weighted by molar-refractivity contribution is -0.137. The molecular weight excluding hydrogens is 220 g/mol. The van der Waals surface area contributed by atoms with Gasteiger partial charge in [0.25, 0.3) is 0 Å². The van der Waals surface area contributed by atoms with Crippen LogP contribution in [0, 0.1) is 0 Å². The lowest BCUT2D eigenvalue weighted by atomic mass is 10.4. The molecular formula is C12H16N2O3. The molecule has 0 bridgehead atoms. The van der Waals surface area contributed by atoms with Crippen molar-refractivity contribution in [2.24, 2.45) is 0 Å². The van der Waals surface area contributed by atoms with Gasteiger partial charge in [-0.25, -0.2) is 9.59 Å². The van der Waals surface area contributed by atoms with Crippen LogP contribution < -0.4 is 0 Å². The fourth-order valence-corrected chi connectivity index (χ4v) is 1.26. The van der Waals surface area contributed by atoms with Crippen LogP contribution >= 0.6 is 0 Å². The molecule has 92 valence electrons. The number of carbonyl (C=O) groups excluding carboxylic acids is 2. The van der Waals surface area contributed by atoms with E-state index in [4.69, 9.17) is 4.74 Å². The van der Waals surface area contributed by atoms with Crippen LogP contribution in [0.5, 0.6) is 0 Å². The van der Waals surface area contributed by atoms with Gasteiger partial charge in [-0.15, -0.1) is 0 Å². The van der Waals surface area contributed by atoms with Gasteiger partial charge in [0.1, 0.15) is 0 Å². The van der Waals surface area contributed by atoms with Crippen LogP contribution in [-0.4, -0.2) is 42.2 Å². The molecule has 0 N–H and O–H groups in total. The quantitative estimate of drug-likeness (QED) is 0.591. The van der Waals surface area contributed by atoms with E-state index in [2.05, 4.69) is 0 Å². The predicted octanol–water partition coefficient (Wildman–Crippen LogP) is 1.59. The van der Waals surface area contributed by atoms with E-state index in [9.17, 15) is 9.59 Å². The van der Waals surface area contributed by atoms with E-state index >= 15 is 0 Å². The second-order valence-corrected chi connectivity index (χ2v) is 3.57. The summed E-state index contributed by atoms with van der Waals surface area (Å²) in [6.45, 7) is 2.07. The standard InChI is InChI=1S/C12H16N2O3/c1-4-17-11(15)8-7-10-6-5-9-14(10)12(16)13(2)3/h5-9H,4H2,1-3H3/b8-7+. The lowest BCUT2D eigenvalue weighted by Crippen LogP contribution is -2.27. The Kier molecular flexibility index (Phi) is 4.51. The fourth-order valence-electron chi connectivity index (χ4n) is 1.26. The predicted molar refractivity (Wildman–Crippen MR) is 64.6 cm³/mol. The van der Waals surface area contributed by atoms with E-state index < -0.39 is 5.97 Å². The molecule has 1 heterocycles. The highest BCUT2D eigenvalue weighted by molar-refractivity contribution is 5.88. The average molecular weight is 236 g/mol. The van der Waals surface area contributed by atoms with Crippen molar-refractivity contribution in [1.29, 1.82) is 0 Å². The molecule has 0 saturated carbocycles. The van der Waals surface area contributed by atoms with Crippen molar-refractivity contribution < 1.29 is 14.3 Å². The number of rotatable bonds is 3. The second-order valence-electron chi connectivity index (χ2n) is 3.57. The Morgan fingerprint density at radius 1 is 1.47 bits per heavy atom. The molecule has 1 amide bonds. The molecule has 0 radical (unpaired) electrons. The minimum Gasteiger partial charge on any atom is -0.463 e. The topological polar surface area (TPSA) is 51.5 Å². The molecule has 5 nitrogen and oxygen atoms in total. The minimum absolute atomic E-state index is 0.168. The van der Waals surface area contributed by atoms with Gasteiger partial charge in [0.2, 0.25) is 0 Å². The fraction of sp³-hybridized carbons (Fsp3) is 0.333. The van der Waals surface area contributed by atoms with Gasteiger partial charge in [-0.3, -0.25) is 4.57 Å². The number of aromatic nitrogens is 1. The van der Waals surface area contributed by atoms with Gasteiger partial charge in [-0.05, 0) is 25.1 Å². The molecule has 0 spiro atoms. The van der Waals surface area contributed by atoms with Gasteiger partial charge in [0.15, 0.2) is 0 Å². The highest BCUT2D eigenvalue weighted by atomic mass is 16.5. The number of nitrogens with zero attached hydrogens (tertiary/aromatic N) is 2. The van der Waals surface area contributed by atoms with Crippen LogP contribution in [0.1, 0.15) is 12.6 Å². The Morgan fingerprint density at radius 3 is 2.76 bits per heavy atom. The summed E-state index contributed by atoms with van der Waals surface area (Å²) in [5, 5.41) is 0. The largest absolute Gasteiger partial charge is 0.463 e. The van der Waals surface area contributed by atoms with Gasteiger partial charge >= 0.3 is 12.0 Å². The molecule has 5 heteroatoms. The molecule has 0 aliphatic rings. The third-order valence-electron chi connectivity index (χ3n) is 2.05.